The van der Waals surface area contributed by atoms with Crippen molar-refractivity contribution in [3.05, 3.63) is 88.6 Å². The first-order chi connectivity index (χ1) is 16.9. The first-order valence-electron chi connectivity index (χ1n) is 10.9. The highest BCUT2D eigenvalue weighted by molar-refractivity contribution is 14.1. The van der Waals surface area contributed by atoms with Gasteiger partial charge < -0.3 is 15.5 Å². The van der Waals surface area contributed by atoms with Crippen LogP contribution >= 0.6 is 22.6 Å². The van der Waals surface area contributed by atoms with Crippen LogP contribution in [0.2, 0.25) is 0 Å². The van der Waals surface area contributed by atoms with Crippen molar-refractivity contribution in [1.29, 1.82) is 5.41 Å². The van der Waals surface area contributed by atoms with Crippen LogP contribution in [0, 0.1) is 17.0 Å². The minimum Gasteiger partial charge on any atom is -0.357 e. The van der Waals surface area contributed by atoms with Gasteiger partial charge in [-0.1, -0.05) is 34.7 Å². The number of halogens is 3. The number of likely N-dealkylation sites (tertiary alicyclic amines) is 1. The van der Waals surface area contributed by atoms with Gasteiger partial charge in [-0.3, -0.25) is 15.0 Å². The molecule has 1 saturated heterocycles. The summed E-state index contributed by atoms with van der Waals surface area (Å²) in [6.07, 6.45) is 3.59. The van der Waals surface area contributed by atoms with Gasteiger partial charge in [-0.05, 0) is 54.8 Å². The fourth-order valence-corrected chi connectivity index (χ4v) is 4.19. The lowest BCUT2D eigenvalue weighted by Gasteiger charge is -2.19. The largest absolute Gasteiger partial charge is 0.357 e. The van der Waals surface area contributed by atoms with Crippen LogP contribution in [0.25, 0.3) is 0 Å². The lowest BCUT2D eigenvalue weighted by atomic mass is 10.1. The summed E-state index contributed by atoms with van der Waals surface area (Å²) in [5, 5.41) is 13.3. The number of pyridine rings is 1. The number of benzene rings is 2. The average Bonchev–Trinajstić information content (AvgIpc) is 3.40. The van der Waals surface area contributed by atoms with Crippen LogP contribution < -0.4 is 10.6 Å². The molecule has 0 atom stereocenters. The molecule has 1 fully saturated rings. The molecule has 1 aliphatic heterocycles. The fraction of sp³-hybridized carbons (Fsp3) is 0.200. The Labute approximate surface area is 214 Å². The van der Waals surface area contributed by atoms with E-state index in [1.807, 2.05) is 4.90 Å². The minimum atomic E-state index is -0.799. The van der Waals surface area contributed by atoms with Gasteiger partial charge in [-0.2, -0.15) is 0 Å². The number of amides is 2. The number of anilines is 2. The van der Waals surface area contributed by atoms with Gasteiger partial charge in [-0.25, -0.2) is 13.8 Å². The molecule has 2 aromatic carbocycles. The van der Waals surface area contributed by atoms with Crippen LogP contribution in [0.15, 0.2) is 54.7 Å². The molecule has 2 heterocycles. The second-order valence-corrected chi connectivity index (χ2v) is 8.78. The summed E-state index contributed by atoms with van der Waals surface area (Å²) in [4.78, 5) is 31.6. The number of aromatic nitrogens is 1. The van der Waals surface area contributed by atoms with Gasteiger partial charge in [0.1, 0.15) is 23.3 Å². The number of hydrogen-bond acceptors (Lipinski definition) is 4. The van der Waals surface area contributed by atoms with Gasteiger partial charge in [0.15, 0.2) is 0 Å². The molecular weight excluding hydrogens is 567 g/mol. The Morgan fingerprint density at radius 3 is 2.37 bits per heavy atom. The normalized spacial score (nSPS) is 12.9. The quantitative estimate of drug-likeness (QED) is 0.159. The second kappa shape index (κ2) is 10.9. The molecule has 0 aliphatic carbocycles. The van der Waals surface area contributed by atoms with Crippen LogP contribution in [0.5, 0.6) is 0 Å². The Hall–Kier alpha value is -3.41. The zero-order chi connectivity index (χ0) is 24.9. The summed E-state index contributed by atoms with van der Waals surface area (Å²) >= 11 is 2.19. The van der Waals surface area contributed by atoms with Crippen molar-refractivity contribution in [2.75, 3.05) is 23.7 Å². The highest BCUT2D eigenvalue weighted by Gasteiger charge is 2.21. The van der Waals surface area contributed by atoms with Crippen molar-refractivity contribution in [2.45, 2.75) is 17.3 Å². The molecule has 0 spiro atoms. The molecule has 1 aliphatic rings. The first-order valence-corrected chi connectivity index (χ1v) is 12.4. The number of amidine groups is 1. The van der Waals surface area contributed by atoms with E-state index in [0.29, 0.717) is 5.56 Å². The van der Waals surface area contributed by atoms with Crippen LogP contribution in [0.3, 0.4) is 0 Å². The maximum Gasteiger partial charge on any atom is 0.259 e. The van der Waals surface area contributed by atoms with E-state index in [1.54, 1.807) is 18.3 Å². The van der Waals surface area contributed by atoms with Crippen molar-refractivity contribution in [2.24, 2.45) is 0 Å². The maximum atomic E-state index is 14.8. The smallest absolute Gasteiger partial charge is 0.259 e. The molecule has 10 heteroatoms. The highest BCUT2D eigenvalue weighted by atomic mass is 127. The fourth-order valence-electron chi connectivity index (χ4n) is 3.73. The third kappa shape index (κ3) is 5.81. The highest BCUT2D eigenvalue weighted by Crippen LogP contribution is 2.22. The van der Waals surface area contributed by atoms with Crippen LogP contribution in [-0.4, -0.2) is 40.6 Å². The Balaban J connectivity index is 1.52. The predicted molar refractivity (Wildman–Crippen MR) is 138 cm³/mol. The molecule has 4 rings (SSSR count). The van der Waals surface area contributed by atoms with Crippen LogP contribution in [0.4, 0.5) is 20.3 Å². The zero-order valence-corrected chi connectivity index (χ0v) is 20.7. The maximum absolute atomic E-state index is 14.8. The zero-order valence-electron chi connectivity index (χ0n) is 18.6. The van der Waals surface area contributed by atoms with Crippen molar-refractivity contribution in [3.8, 4) is 0 Å². The number of carbonyl (C=O) groups excluding carboxylic acids is 2. The number of nitrogens with one attached hydrogen (secondary N) is 3. The Morgan fingerprint density at radius 2 is 1.71 bits per heavy atom. The average molecular weight is 589 g/mol. The molecule has 7 nitrogen and oxygen atoms in total. The summed E-state index contributed by atoms with van der Waals surface area (Å²) in [6.45, 7) is 1.49. The van der Waals surface area contributed by atoms with E-state index in [-0.39, 0.29) is 28.5 Å². The lowest BCUT2D eigenvalue weighted by molar-refractivity contribution is 0.102. The van der Waals surface area contributed by atoms with Gasteiger partial charge >= 0.3 is 0 Å². The SMILES string of the molecule is N=C(c1ccc(C(=O)Nc2ccc(F)cc2C(=O)Nc2ccc(CI)cn2)c(F)c1)N1CCCC1. The molecule has 3 N–H and O–H groups in total. The van der Waals surface area contributed by atoms with Gasteiger partial charge in [0.2, 0.25) is 0 Å². The van der Waals surface area contributed by atoms with E-state index >= 15 is 0 Å². The number of hydrogen-bond donors (Lipinski definition) is 3. The number of carbonyl (C=O) groups is 2. The van der Waals surface area contributed by atoms with Crippen LogP contribution in [0.1, 0.15) is 44.7 Å². The topological polar surface area (TPSA) is 98.2 Å². The monoisotopic (exact) mass is 589 g/mol. The lowest BCUT2D eigenvalue weighted by Crippen LogP contribution is -2.28. The van der Waals surface area contributed by atoms with Crippen molar-refractivity contribution in [3.63, 3.8) is 0 Å². The van der Waals surface area contributed by atoms with E-state index in [4.69, 9.17) is 5.41 Å². The molecule has 0 unspecified atom stereocenters. The van der Waals surface area contributed by atoms with Crippen LogP contribution in [-0.2, 0) is 4.43 Å². The van der Waals surface area contributed by atoms with Crippen molar-refractivity contribution >= 4 is 51.7 Å². The van der Waals surface area contributed by atoms with Gasteiger partial charge in [0, 0.05) is 29.3 Å². The molecule has 0 radical (unpaired) electrons. The predicted octanol–water partition coefficient (Wildman–Crippen LogP) is 5.22. The first kappa shape index (κ1) is 24.7. The molecule has 0 saturated carbocycles. The molecule has 0 bridgehead atoms. The third-order valence-corrected chi connectivity index (χ3v) is 6.49. The molecule has 1 aromatic heterocycles. The molecule has 35 heavy (non-hydrogen) atoms. The third-order valence-electron chi connectivity index (χ3n) is 5.60. The Morgan fingerprint density at radius 1 is 0.971 bits per heavy atom. The summed E-state index contributed by atoms with van der Waals surface area (Å²) in [7, 11) is 0. The number of nitrogens with zero attached hydrogens (tertiary/aromatic N) is 2. The summed E-state index contributed by atoms with van der Waals surface area (Å²) in [5.74, 6) is -2.46. The van der Waals surface area contributed by atoms with Gasteiger partial charge in [-0.15, -0.1) is 0 Å². The Bertz CT molecular complexity index is 1280. The van der Waals surface area contributed by atoms with Crippen molar-refractivity contribution in [1.82, 2.24) is 9.88 Å². The van der Waals surface area contributed by atoms with E-state index in [1.165, 1.54) is 18.2 Å². The van der Waals surface area contributed by atoms with E-state index in [9.17, 15) is 18.4 Å². The van der Waals surface area contributed by atoms with E-state index in [2.05, 4.69) is 38.2 Å². The Kier molecular flexibility index (Phi) is 7.69. The van der Waals surface area contributed by atoms with Crippen molar-refractivity contribution < 1.29 is 18.4 Å². The second-order valence-electron chi connectivity index (χ2n) is 8.02. The molecule has 3 aromatic rings. The standard InChI is InChI=1S/C25H22F2IN5O2/c26-17-5-7-21(19(12-17)25(35)32-22-8-3-15(13-28)14-30-22)31-24(34)18-6-4-16(11-20(18)27)23(29)33-9-1-2-10-33/h3-8,11-12,14,29H,1-2,9-10,13H2,(H,31,34)(H,30,32,35). The van der Waals surface area contributed by atoms with E-state index in [0.717, 1.165) is 54.1 Å². The van der Waals surface area contributed by atoms with Gasteiger partial charge in [0.25, 0.3) is 11.8 Å². The van der Waals surface area contributed by atoms with E-state index < -0.39 is 23.4 Å². The molecule has 2 amide bonds. The van der Waals surface area contributed by atoms with Gasteiger partial charge in [0.05, 0.1) is 16.8 Å². The molecular formula is C25H22F2IN5O2. The summed E-state index contributed by atoms with van der Waals surface area (Å²) < 4.78 is 29.5. The summed E-state index contributed by atoms with van der Waals surface area (Å²) in [6, 6.07) is 10.7. The number of alkyl halides is 1. The minimum absolute atomic E-state index is 0.0195. The summed E-state index contributed by atoms with van der Waals surface area (Å²) in [5.41, 5.74) is 0.988. The molecule has 180 valence electrons. The number of rotatable bonds is 6.